The van der Waals surface area contributed by atoms with Crippen LogP contribution in [0.25, 0.3) is 0 Å². The van der Waals surface area contributed by atoms with Gasteiger partial charge in [-0.05, 0) is 43.2 Å². The van der Waals surface area contributed by atoms with Gasteiger partial charge in [0.15, 0.2) is 0 Å². The molecular formula is C22H27Cl4NO. The first kappa shape index (κ1) is 23.6. The molecule has 0 atom stereocenters. The summed E-state index contributed by atoms with van der Waals surface area (Å²) >= 11 is 18.4. The Bertz CT molecular complexity index is 745. The van der Waals surface area contributed by atoms with Crippen molar-refractivity contribution in [3.63, 3.8) is 0 Å². The van der Waals surface area contributed by atoms with E-state index in [4.69, 9.17) is 39.5 Å². The number of rotatable bonds is 6. The quantitative estimate of drug-likeness (QED) is 0.471. The fraction of sp³-hybridized carbons (Fsp3) is 0.455. The summed E-state index contributed by atoms with van der Waals surface area (Å²) in [5.74, 6) is 0.837. The molecule has 0 aliphatic heterocycles. The molecule has 2 aromatic rings. The fourth-order valence-corrected chi connectivity index (χ4v) is 4.19. The van der Waals surface area contributed by atoms with Crippen LogP contribution in [0.1, 0.15) is 56.1 Å². The molecule has 0 aromatic heterocycles. The normalized spacial score (nSPS) is 15.4. The summed E-state index contributed by atoms with van der Waals surface area (Å²) in [6, 6.07) is 11.8. The lowest BCUT2D eigenvalue weighted by Crippen LogP contribution is -2.29. The summed E-state index contributed by atoms with van der Waals surface area (Å²) in [4.78, 5) is 0. The molecule has 1 aliphatic rings. The molecule has 1 fully saturated rings. The lowest BCUT2D eigenvalue weighted by Gasteiger charge is -2.22. The van der Waals surface area contributed by atoms with E-state index < -0.39 is 0 Å². The topological polar surface area (TPSA) is 21.3 Å². The highest BCUT2D eigenvalue weighted by Crippen LogP contribution is 2.27. The average molecular weight is 463 g/mol. The maximum absolute atomic E-state index is 6.25. The lowest BCUT2D eigenvalue weighted by molar-refractivity contribution is 0.300. The lowest BCUT2D eigenvalue weighted by atomic mass is 9.96. The van der Waals surface area contributed by atoms with Gasteiger partial charge in [0.1, 0.15) is 12.4 Å². The van der Waals surface area contributed by atoms with E-state index in [2.05, 4.69) is 5.32 Å². The van der Waals surface area contributed by atoms with Crippen LogP contribution in [0.3, 0.4) is 0 Å². The molecule has 0 heterocycles. The third-order valence-corrected chi connectivity index (χ3v) is 5.93. The molecule has 2 nitrogen and oxygen atoms in total. The predicted molar refractivity (Wildman–Crippen MR) is 122 cm³/mol. The van der Waals surface area contributed by atoms with Gasteiger partial charge in [-0.3, -0.25) is 0 Å². The van der Waals surface area contributed by atoms with Crippen molar-refractivity contribution in [2.45, 2.75) is 64.1 Å². The van der Waals surface area contributed by atoms with Crippen LogP contribution in [-0.4, -0.2) is 6.04 Å². The Hall–Kier alpha value is -0.640. The van der Waals surface area contributed by atoms with Crippen LogP contribution >= 0.6 is 47.2 Å². The number of nitrogens with one attached hydrogen (secondary N) is 1. The minimum absolute atomic E-state index is 0. The van der Waals surface area contributed by atoms with Crippen LogP contribution in [0, 0.1) is 0 Å². The Labute approximate surface area is 189 Å². The summed E-state index contributed by atoms with van der Waals surface area (Å²) in [6.07, 6.45) is 9.20. The zero-order valence-corrected chi connectivity index (χ0v) is 18.9. The Morgan fingerprint density at radius 3 is 2.18 bits per heavy atom. The molecule has 1 saturated carbocycles. The van der Waals surface area contributed by atoms with Gasteiger partial charge in [-0.25, -0.2) is 0 Å². The number of ether oxygens (including phenoxy) is 1. The average Bonchev–Trinajstić information content (AvgIpc) is 2.61. The minimum Gasteiger partial charge on any atom is -0.489 e. The van der Waals surface area contributed by atoms with Gasteiger partial charge in [0.2, 0.25) is 0 Å². The molecule has 0 radical (unpaired) electrons. The van der Waals surface area contributed by atoms with Crippen molar-refractivity contribution in [1.29, 1.82) is 0 Å². The van der Waals surface area contributed by atoms with Gasteiger partial charge in [-0.2, -0.15) is 0 Å². The second-order valence-corrected chi connectivity index (χ2v) is 8.48. The zero-order valence-electron chi connectivity index (χ0n) is 15.9. The van der Waals surface area contributed by atoms with E-state index in [-0.39, 0.29) is 12.4 Å². The highest BCUT2D eigenvalue weighted by Gasteiger charge is 2.13. The molecule has 6 heteroatoms. The van der Waals surface area contributed by atoms with Gasteiger partial charge >= 0.3 is 0 Å². The number of hydrogen-bond acceptors (Lipinski definition) is 2. The Kier molecular flexibility index (Phi) is 10.3. The van der Waals surface area contributed by atoms with Gasteiger partial charge in [0.05, 0.1) is 0 Å². The predicted octanol–water partition coefficient (Wildman–Crippen LogP) is 7.85. The van der Waals surface area contributed by atoms with Crippen molar-refractivity contribution >= 4 is 47.2 Å². The van der Waals surface area contributed by atoms with E-state index in [1.165, 1.54) is 44.9 Å². The van der Waals surface area contributed by atoms with E-state index in [0.29, 0.717) is 22.7 Å². The molecule has 154 valence electrons. The molecule has 1 aliphatic carbocycles. The molecule has 0 amide bonds. The SMILES string of the molecule is Cl.Clc1ccc(COc2ccc(Cl)cc2CNC2CCCCCCC2)c(Cl)c1. The van der Waals surface area contributed by atoms with Gasteiger partial charge in [0.25, 0.3) is 0 Å². The molecule has 0 bridgehead atoms. The van der Waals surface area contributed by atoms with E-state index in [1.54, 1.807) is 6.07 Å². The van der Waals surface area contributed by atoms with E-state index >= 15 is 0 Å². The van der Waals surface area contributed by atoms with Crippen LogP contribution in [0.4, 0.5) is 0 Å². The van der Waals surface area contributed by atoms with Gasteiger partial charge in [-0.1, -0.05) is 73.0 Å². The van der Waals surface area contributed by atoms with E-state index in [9.17, 15) is 0 Å². The Morgan fingerprint density at radius 2 is 1.46 bits per heavy atom. The van der Waals surface area contributed by atoms with Crippen molar-refractivity contribution in [3.8, 4) is 5.75 Å². The number of benzene rings is 2. The highest BCUT2D eigenvalue weighted by molar-refractivity contribution is 6.35. The summed E-state index contributed by atoms with van der Waals surface area (Å²) < 4.78 is 6.06. The molecule has 1 N–H and O–H groups in total. The monoisotopic (exact) mass is 461 g/mol. The first-order chi connectivity index (χ1) is 13.1. The highest BCUT2D eigenvalue weighted by atomic mass is 35.5. The van der Waals surface area contributed by atoms with Gasteiger partial charge in [0, 0.05) is 38.8 Å². The second kappa shape index (κ2) is 12.1. The Balaban J connectivity index is 0.00000280. The van der Waals surface area contributed by atoms with Crippen molar-refractivity contribution in [2.24, 2.45) is 0 Å². The fourth-order valence-electron chi connectivity index (χ4n) is 3.54. The van der Waals surface area contributed by atoms with Crippen molar-refractivity contribution in [1.82, 2.24) is 5.32 Å². The second-order valence-electron chi connectivity index (χ2n) is 7.20. The van der Waals surface area contributed by atoms with Crippen molar-refractivity contribution in [2.75, 3.05) is 0 Å². The largest absolute Gasteiger partial charge is 0.489 e. The van der Waals surface area contributed by atoms with Crippen LogP contribution in [0.5, 0.6) is 5.75 Å². The molecule has 0 saturated heterocycles. The van der Waals surface area contributed by atoms with Crippen LogP contribution in [0.2, 0.25) is 15.1 Å². The molecule has 2 aromatic carbocycles. The third kappa shape index (κ3) is 7.31. The summed E-state index contributed by atoms with van der Waals surface area (Å²) in [7, 11) is 0. The summed E-state index contributed by atoms with van der Waals surface area (Å²) in [5.41, 5.74) is 1.99. The standard InChI is InChI=1S/C22H26Cl3NO.ClH/c23-18-10-11-22(27-15-16-8-9-19(24)13-21(16)25)17(12-18)14-26-20-6-4-2-1-3-5-7-20;/h8-13,20,26H,1-7,14-15H2;1H. The van der Waals surface area contributed by atoms with Crippen LogP contribution in [-0.2, 0) is 13.2 Å². The van der Waals surface area contributed by atoms with Crippen molar-refractivity contribution < 1.29 is 4.74 Å². The van der Waals surface area contributed by atoms with Crippen LogP contribution in [0.15, 0.2) is 36.4 Å². The first-order valence-corrected chi connectivity index (χ1v) is 10.8. The van der Waals surface area contributed by atoms with Gasteiger partial charge in [-0.15, -0.1) is 12.4 Å². The van der Waals surface area contributed by atoms with Crippen molar-refractivity contribution in [3.05, 3.63) is 62.6 Å². The number of halogens is 4. The smallest absolute Gasteiger partial charge is 0.124 e. The van der Waals surface area contributed by atoms with E-state index in [1.807, 2.05) is 30.3 Å². The third-order valence-electron chi connectivity index (χ3n) is 5.11. The summed E-state index contributed by atoms with van der Waals surface area (Å²) in [6.45, 7) is 1.16. The maximum Gasteiger partial charge on any atom is 0.124 e. The Morgan fingerprint density at radius 1 is 0.821 bits per heavy atom. The summed E-state index contributed by atoms with van der Waals surface area (Å²) in [5, 5.41) is 5.67. The van der Waals surface area contributed by atoms with Gasteiger partial charge < -0.3 is 10.1 Å². The van der Waals surface area contributed by atoms with E-state index in [0.717, 1.165) is 28.4 Å². The first-order valence-electron chi connectivity index (χ1n) is 9.70. The minimum atomic E-state index is 0. The molecule has 3 rings (SSSR count). The molecular weight excluding hydrogens is 436 g/mol. The maximum atomic E-state index is 6.25. The van der Waals surface area contributed by atoms with Crippen LogP contribution < -0.4 is 10.1 Å². The zero-order chi connectivity index (χ0) is 19.1. The number of hydrogen-bond donors (Lipinski definition) is 1. The molecule has 0 unspecified atom stereocenters. The molecule has 0 spiro atoms. The molecule has 28 heavy (non-hydrogen) atoms.